The summed E-state index contributed by atoms with van der Waals surface area (Å²) in [7, 11) is 0. The molecule has 0 fully saturated rings. The highest BCUT2D eigenvalue weighted by atomic mass is 19.4. The molecule has 0 saturated heterocycles. The van der Waals surface area contributed by atoms with E-state index in [2.05, 4.69) is 5.32 Å². The van der Waals surface area contributed by atoms with Gasteiger partial charge in [-0.2, -0.15) is 13.2 Å². The summed E-state index contributed by atoms with van der Waals surface area (Å²) < 4.78 is 39.3. The number of hydrogen-bond acceptors (Lipinski definition) is 3. The van der Waals surface area contributed by atoms with Crippen LogP contribution in [0.2, 0.25) is 0 Å². The maximum atomic E-state index is 13.1. The molecule has 0 aliphatic heterocycles. The molecule has 24 heavy (non-hydrogen) atoms. The van der Waals surface area contributed by atoms with E-state index in [0.717, 1.165) is 25.1 Å². The van der Waals surface area contributed by atoms with Crippen molar-refractivity contribution in [2.24, 2.45) is 0 Å². The van der Waals surface area contributed by atoms with Crippen molar-refractivity contribution in [3.8, 4) is 0 Å². The quantitative estimate of drug-likeness (QED) is 0.642. The number of Topliss-reactive ketones (excluding diaryl/α,β-unsaturated/α-hetero) is 1. The third-order valence-electron chi connectivity index (χ3n) is 3.53. The first-order chi connectivity index (χ1) is 11.2. The van der Waals surface area contributed by atoms with E-state index < -0.39 is 34.6 Å². The number of rotatable bonds is 5. The number of carboxylic acid groups (broad SMARTS) is 1. The van der Waals surface area contributed by atoms with Crippen LogP contribution >= 0.6 is 0 Å². The van der Waals surface area contributed by atoms with E-state index in [0.29, 0.717) is 5.69 Å². The fourth-order valence-corrected chi connectivity index (χ4v) is 2.22. The largest absolute Gasteiger partial charge is 0.479 e. The minimum absolute atomic E-state index is 0.306. The Morgan fingerprint density at radius 1 is 0.958 bits per heavy atom. The van der Waals surface area contributed by atoms with Crippen LogP contribution in [0.5, 0.6) is 0 Å². The summed E-state index contributed by atoms with van der Waals surface area (Å²) in [5.74, 6) is -2.75. The SMILES string of the molecule is CC(Nc1ccccc1)(C(=O)O)C(=O)c1ccccc1C(F)(F)F. The van der Waals surface area contributed by atoms with Crippen molar-refractivity contribution in [1.82, 2.24) is 0 Å². The number of anilines is 1. The Bertz CT molecular complexity index is 759. The number of alkyl halides is 3. The van der Waals surface area contributed by atoms with Crippen LogP contribution < -0.4 is 5.32 Å². The van der Waals surface area contributed by atoms with E-state index in [1.54, 1.807) is 18.2 Å². The monoisotopic (exact) mass is 337 g/mol. The molecule has 0 heterocycles. The topological polar surface area (TPSA) is 66.4 Å². The molecule has 4 nitrogen and oxygen atoms in total. The van der Waals surface area contributed by atoms with Crippen molar-refractivity contribution in [3.63, 3.8) is 0 Å². The van der Waals surface area contributed by atoms with Gasteiger partial charge in [0.1, 0.15) is 0 Å². The van der Waals surface area contributed by atoms with Crippen molar-refractivity contribution in [3.05, 3.63) is 65.7 Å². The van der Waals surface area contributed by atoms with Gasteiger partial charge in [-0.05, 0) is 25.1 Å². The third kappa shape index (κ3) is 3.40. The van der Waals surface area contributed by atoms with Gasteiger partial charge in [-0.25, -0.2) is 4.79 Å². The number of para-hydroxylation sites is 1. The van der Waals surface area contributed by atoms with Crippen molar-refractivity contribution < 1.29 is 27.9 Å². The second kappa shape index (κ2) is 6.35. The number of carbonyl (C=O) groups is 2. The summed E-state index contributed by atoms with van der Waals surface area (Å²) in [6, 6.07) is 12.1. The van der Waals surface area contributed by atoms with Gasteiger partial charge in [0.25, 0.3) is 0 Å². The molecule has 0 bridgehead atoms. The average molecular weight is 337 g/mol. The zero-order valence-corrected chi connectivity index (χ0v) is 12.6. The van der Waals surface area contributed by atoms with Gasteiger partial charge in [0.05, 0.1) is 5.56 Å². The summed E-state index contributed by atoms with van der Waals surface area (Å²) >= 11 is 0. The minimum atomic E-state index is -4.77. The number of aliphatic carboxylic acids is 1. The highest BCUT2D eigenvalue weighted by Crippen LogP contribution is 2.34. The van der Waals surface area contributed by atoms with E-state index >= 15 is 0 Å². The first kappa shape index (κ1) is 17.5. The lowest BCUT2D eigenvalue weighted by Crippen LogP contribution is -2.51. The molecule has 0 aliphatic carbocycles. The van der Waals surface area contributed by atoms with Crippen LogP contribution in [0.25, 0.3) is 0 Å². The Morgan fingerprint density at radius 3 is 2.04 bits per heavy atom. The van der Waals surface area contributed by atoms with Crippen LogP contribution in [-0.4, -0.2) is 22.4 Å². The summed E-state index contributed by atoms with van der Waals surface area (Å²) in [6.45, 7) is 1.04. The molecule has 0 radical (unpaired) electrons. The summed E-state index contributed by atoms with van der Waals surface area (Å²) in [6.07, 6.45) is -4.77. The van der Waals surface area contributed by atoms with Crippen molar-refractivity contribution >= 4 is 17.4 Å². The van der Waals surface area contributed by atoms with Crippen LogP contribution in [0.1, 0.15) is 22.8 Å². The van der Waals surface area contributed by atoms with Crippen molar-refractivity contribution in [2.75, 3.05) is 5.32 Å². The first-order valence-corrected chi connectivity index (χ1v) is 6.94. The molecule has 7 heteroatoms. The Morgan fingerprint density at radius 2 is 1.50 bits per heavy atom. The summed E-state index contributed by atoms with van der Waals surface area (Å²) in [4.78, 5) is 24.3. The Balaban J connectivity index is 2.50. The number of halogens is 3. The van der Waals surface area contributed by atoms with Crippen molar-refractivity contribution in [1.29, 1.82) is 0 Å². The number of carboxylic acids is 1. The molecular weight excluding hydrogens is 323 g/mol. The Labute approximate surface area is 135 Å². The average Bonchev–Trinajstić information content (AvgIpc) is 2.54. The maximum absolute atomic E-state index is 13.1. The normalized spacial score (nSPS) is 13.8. The van der Waals surface area contributed by atoms with Crippen LogP contribution in [0, 0.1) is 0 Å². The summed E-state index contributed by atoms with van der Waals surface area (Å²) in [5, 5.41) is 12.0. The molecule has 126 valence electrons. The number of hydrogen-bond donors (Lipinski definition) is 2. The summed E-state index contributed by atoms with van der Waals surface area (Å²) in [5.41, 5.74) is -3.81. The lowest BCUT2D eigenvalue weighted by Gasteiger charge is -2.27. The lowest BCUT2D eigenvalue weighted by molar-refractivity contribution is -0.141. The molecule has 0 aliphatic rings. The van der Waals surface area contributed by atoms with Crippen LogP contribution in [0.4, 0.5) is 18.9 Å². The van der Waals surface area contributed by atoms with Gasteiger partial charge < -0.3 is 10.4 Å². The van der Waals surface area contributed by atoms with E-state index in [1.165, 1.54) is 18.2 Å². The first-order valence-electron chi connectivity index (χ1n) is 6.94. The van der Waals surface area contributed by atoms with E-state index in [-0.39, 0.29) is 0 Å². The van der Waals surface area contributed by atoms with Crippen molar-refractivity contribution in [2.45, 2.75) is 18.6 Å². The maximum Gasteiger partial charge on any atom is 0.417 e. The van der Waals surface area contributed by atoms with Gasteiger partial charge in [-0.3, -0.25) is 4.79 Å². The molecule has 2 aromatic carbocycles. The highest BCUT2D eigenvalue weighted by molar-refractivity contribution is 6.18. The molecule has 2 aromatic rings. The Hall–Kier alpha value is -2.83. The predicted octanol–water partition coefficient (Wildman–Crippen LogP) is 3.84. The number of ketones is 1. The van der Waals surface area contributed by atoms with Gasteiger partial charge >= 0.3 is 12.1 Å². The molecule has 1 unspecified atom stereocenters. The third-order valence-corrected chi connectivity index (χ3v) is 3.53. The van der Waals surface area contributed by atoms with Gasteiger partial charge in [-0.15, -0.1) is 0 Å². The fraction of sp³-hybridized carbons (Fsp3) is 0.176. The van der Waals surface area contributed by atoms with Crippen LogP contribution in [0.3, 0.4) is 0 Å². The minimum Gasteiger partial charge on any atom is -0.479 e. The molecule has 2 N–H and O–H groups in total. The molecular formula is C17H14F3NO3. The predicted molar refractivity (Wildman–Crippen MR) is 81.9 cm³/mol. The molecule has 0 amide bonds. The molecule has 1 atom stereocenters. The van der Waals surface area contributed by atoms with Gasteiger partial charge in [0.15, 0.2) is 11.3 Å². The van der Waals surface area contributed by atoms with Gasteiger partial charge in [-0.1, -0.05) is 36.4 Å². The van der Waals surface area contributed by atoms with E-state index in [9.17, 15) is 27.9 Å². The zero-order valence-electron chi connectivity index (χ0n) is 12.6. The molecule has 0 saturated carbocycles. The van der Waals surface area contributed by atoms with E-state index in [1.807, 2.05) is 0 Å². The number of nitrogens with one attached hydrogen (secondary N) is 1. The van der Waals surface area contributed by atoms with Crippen LogP contribution in [-0.2, 0) is 11.0 Å². The zero-order chi connectivity index (χ0) is 18.0. The van der Waals surface area contributed by atoms with Gasteiger partial charge in [0.2, 0.25) is 0 Å². The Kier molecular flexibility index (Phi) is 4.64. The highest BCUT2D eigenvalue weighted by Gasteiger charge is 2.45. The van der Waals surface area contributed by atoms with E-state index in [4.69, 9.17) is 0 Å². The number of carbonyl (C=O) groups excluding carboxylic acids is 1. The van der Waals surface area contributed by atoms with Crippen LogP contribution in [0.15, 0.2) is 54.6 Å². The molecule has 2 rings (SSSR count). The second-order valence-corrected chi connectivity index (χ2v) is 5.29. The lowest BCUT2D eigenvalue weighted by atomic mass is 9.88. The molecule has 0 aromatic heterocycles. The standard InChI is InChI=1S/C17H14F3NO3/c1-16(15(23)24,21-11-7-3-2-4-8-11)14(22)12-9-5-6-10-13(12)17(18,19)20/h2-10,21H,1H3,(H,23,24). The molecule has 0 spiro atoms. The van der Waals surface area contributed by atoms with Gasteiger partial charge in [0, 0.05) is 11.3 Å². The second-order valence-electron chi connectivity index (χ2n) is 5.29. The smallest absolute Gasteiger partial charge is 0.417 e. The number of benzene rings is 2. The fourth-order valence-electron chi connectivity index (χ4n) is 2.22.